The SMILES string of the molecule is CCc1nn(C)c2c1[nH]c(=S)n2C(C)c1nccs1. The number of thiazole rings is 1. The van der Waals surface area contributed by atoms with Crippen molar-refractivity contribution in [1.29, 1.82) is 0 Å². The molecule has 0 spiro atoms. The number of imidazole rings is 1. The Morgan fingerprint density at radius 3 is 2.95 bits per heavy atom. The van der Waals surface area contributed by atoms with Crippen LogP contribution in [0.15, 0.2) is 11.6 Å². The fourth-order valence-corrected chi connectivity index (χ4v) is 3.43. The van der Waals surface area contributed by atoms with E-state index in [1.54, 1.807) is 11.3 Å². The third-order valence-electron chi connectivity index (χ3n) is 3.30. The van der Waals surface area contributed by atoms with Crippen molar-refractivity contribution in [2.45, 2.75) is 26.3 Å². The molecule has 0 aliphatic heterocycles. The molecule has 1 N–H and O–H groups in total. The molecule has 100 valence electrons. The van der Waals surface area contributed by atoms with E-state index in [1.165, 1.54) is 0 Å². The van der Waals surface area contributed by atoms with E-state index >= 15 is 0 Å². The Hall–Kier alpha value is -1.47. The van der Waals surface area contributed by atoms with Crippen LogP contribution in [0.25, 0.3) is 11.2 Å². The molecule has 0 aliphatic rings. The second kappa shape index (κ2) is 4.57. The Morgan fingerprint density at radius 1 is 1.53 bits per heavy atom. The van der Waals surface area contributed by atoms with Gasteiger partial charge in [0.15, 0.2) is 10.4 Å². The van der Waals surface area contributed by atoms with E-state index in [0.29, 0.717) is 0 Å². The van der Waals surface area contributed by atoms with Crippen LogP contribution >= 0.6 is 23.6 Å². The molecule has 1 atom stereocenters. The van der Waals surface area contributed by atoms with E-state index in [2.05, 4.69) is 33.5 Å². The highest BCUT2D eigenvalue weighted by molar-refractivity contribution is 7.71. The van der Waals surface area contributed by atoms with Gasteiger partial charge in [-0.15, -0.1) is 11.3 Å². The van der Waals surface area contributed by atoms with Crippen molar-refractivity contribution in [3.63, 3.8) is 0 Å². The van der Waals surface area contributed by atoms with Crippen LogP contribution in [0.1, 0.15) is 30.6 Å². The predicted octanol–water partition coefficient (Wildman–Crippen LogP) is 3.06. The zero-order chi connectivity index (χ0) is 13.6. The summed E-state index contributed by atoms with van der Waals surface area (Å²) in [5.74, 6) is 0. The topological polar surface area (TPSA) is 51.4 Å². The minimum Gasteiger partial charge on any atom is -0.328 e. The molecule has 5 nitrogen and oxygen atoms in total. The van der Waals surface area contributed by atoms with E-state index in [9.17, 15) is 0 Å². The summed E-state index contributed by atoms with van der Waals surface area (Å²) in [5.41, 5.74) is 3.12. The molecule has 0 radical (unpaired) electrons. The molecule has 0 amide bonds. The number of H-pyrrole nitrogens is 1. The van der Waals surface area contributed by atoms with Gasteiger partial charge in [-0.25, -0.2) is 4.98 Å². The lowest BCUT2D eigenvalue weighted by atomic mass is 10.3. The maximum Gasteiger partial charge on any atom is 0.179 e. The number of hydrogen-bond donors (Lipinski definition) is 1. The first kappa shape index (κ1) is 12.6. The lowest BCUT2D eigenvalue weighted by molar-refractivity contribution is 0.616. The lowest BCUT2D eigenvalue weighted by Gasteiger charge is -2.11. The Labute approximate surface area is 119 Å². The average Bonchev–Trinajstić information content (AvgIpc) is 3.06. The summed E-state index contributed by atoms with van der Waals surface area (Å²) in [7, 11) is 1.95. The van der Waals surface area contributed by atoms with Gasteiger partial charge in [0.2, 0.25) is 0 Å². The fourth-order valence-electron chi connectivity index (χ4n) is 2.40. The smallest absolute Gasteiger partial charge is 0.179 e. The number of aromatic amines is 1. The summed E-state index contributed by atoms with van der Waals surface area (Å²) in [6.07, 6.45) is 2.71. The third kappa shape index (κ3) is 1.84. The van der Waals surface area contributed by atoms with Crippen LogP contribution in [0.3, 0.4) is 0 Å². The van der Waals surface area contributed by atoms with Crippen molar-refractivity contribution in [2.75, 3.05) is 0 Å². The van der Waals surface area contributed by atoms with Crippen LogP contribution < -0.4 is 0 Å². The maximum absolute atomic E-state index is 5.47. The van der Waals surface area contributed by atoms with Crippen molar-refractivity contribution in [2.24, 2.45) is 7.05 Å². The number of rotatable bonds is 3. The summed E-state index contributed by atoms with van der Waals surface area (Å²) in [4.78, 5) is 7.67. The summed E-state index contributed by atoms with van der Waals surface area (Å²) in [5, 5.41) is 7.57. The molecule has 0 fully saturated rings. The fraction of sp³-hybridized carbons (Fsp3) is 0.417. The molecule has 19 heavy (non-hydrogen) atoms. The van der Waals surface area contributed by atoms with Crippen molar-refractivity contribution in [3.8, 4) is 0 Å². The highest BCUT2D eigenvalue weighted by Crippen LogP contribution is 2.26. The average molecular weight is 293 g/mol. The molecule has 1 unspecified atom stereocenters. The van der Waals surface area contributed by atoms with Gasteiger partial charge in [0, 0.05) is 18.6 Å². The highest BCUT2D eigenvalue weighted by atomic mass is 32.1. The Morgan fingerprint density at radius 2 is 2.32 bits per heavy atom. The normalized spacial score (nSPS) is 13.2. The van der Waals surface area contributed by atoms with Gasteiger partial charge in [0.1, 0.15) is 10.5 Å². The molecule has 3 rings (SSSR count). The first-order valence-electron chi connectivity index (χ1n) is 6.19. The Bertz CT molecular complexity index is 762. The largest absolute Gasteiger partial charge is 0.328 e. The van der Waals surface area contributed by atoms with Gasteiger partial charge < -0.3 is 4.98 Å². The van der Waals surface area contributed by atoms with Gasteiger partial charge >= 0.3 is 0 Å². The summed E-state index contributed by atoms with van der Waals surface area (Å²) < 4.78 is 4.71. The van der Waals surface area contributed by atoms with Gasteiger partial charge in [0.25, 0.3) is 0 Å². The number of hydrogen-bond acceptors (Lipinski definition) is 4. The van der Waals surface area contributed by atoms with Crippen LogP contribution in [-0.2, 0) is 13.5 Å². The standard InChI is InChI=1S/C12H15N5S2/c1-4-8-9-11(16(3)15-8)17(12(18)14-9)7(2)10-13-5-6-19-10/h5-7H,4H2,1-3H3,(H,14,18). The first-order valence-corrected chi connectivity index (χ1v) is 7.47. The van der Waals surface area contributed by atoms with E-state index in [4.69, 9.17) is 12.2 Å². The summed E-state index contributed by atoms with van der Waals surface area (Å²) in [6, 6.07) is 0.112. The highest BCUT2D eigenvalue weighted by Gasteiger charge is 2.20. The van der Waals surface area contributed by atoms with Crippen molar-refractivity contribution >= 4 is 34.7 Å². The quantitative estimate of drug-likeness (QED) is 0.755. The molecule has 0 aromatic carbocycles. The maximum atomic E-state index is 5.47. The molecule has 0 saturated carbocycles. The number of aromatic nitrogens is 5. The summed E-state index contributed by atoms with van der Waals surface area (Å²) in [6.45, 7) is 4.21. The van der Waals surface area contributed by atoms with Crippen LogP contribution in [0.5, 0.6) is 0 Å². The van der Waals surface area contributed by atoms with E-state index < -0.39 is 0 Å². The molecule has 0 aliphatic carbocycles. The molecular formula is C12H15N5S2. The Balaban J connectivity index is 2.26. The minimum absolute atomic E-state index is 0.112. The zero-order valence-corrected chi connectivity index (χ0v) is 12.7. The molecule has 0 bridgehead atoms. The third-order valence-corrected chi connectivity index (χ3v) is 4.54. The first-order chi connectivity index (χ1) is 9.13. The molecular weight excluding hydrogens is 278 g/mol. The van der Waals surface area contributed by atoms with Gasteiger partial charge in [-0.3, -0.25) is 9.25 Å². The predicted molar refractivity (Wildman–Crippen MR) is 79.2 cm³/mol. The number of nitrogens with one attached hydrogen (secondary N) is 1. The van der Waals surface area contributed by atoms with Crippen LogP contribution in [0.4, 0.5) is 0 Å². The number of aryl methyl sites for hydroxylation is 2. The van der Waals surface area contributed by atoms with Gasteiger partial charge in [-0.05, 0) is 25.6 Å². The van der Waals surface area contributed by atoms with Crippen LogP contribution in [0, 0.1) is 4.77 Å². The van der Waals surface area contributed by atoms with E-state index in [1.807, 2.05) is 23.3 Å². The molecule has 3 aromatic rings. The summed E-state index contributed by atoms with van der Waals surface area (Å²) >= 11 is 7.11. The second-order valence-electron chi connectivity index (χ2n) is 4.47. The second-order valence-corrected chi connectivity index (χ2v) is 5.78. The molecule has 7 heteroatoms. The van der Waals surface area contributed by atoms with Gasteiger partial charge in [-0.2, -0.15) is 5.10 Å². The zero-order valence-electron chi connectivity index (χ0n) is 11.0. The van der Waals surface area contributed by atoms with Crippen molar-refractivity contribution < 1.29 is 0 Å². The number of fused-ring (bicyclic) bond motifs is 1. The number of nitrogens with zero attached hydrogens (tertiary/aromatic N) is 4. The minimum atomic E-state index is 0.112. The molecule has 3 heterocycles. The molecule has 3 aromatic heterocycles. The lowest BCUT2D eigenvalue weighted by Crippen LogP contribution is -2.09. The monoisotopic (exact) mass is 293 g/mol. The van der Waals surface area contributed by atoms with Crippen molar-refractivity contribution in [1.82, 2.24) is 24.3 Å². The van der Waals surface area contributed by atoms with Crippen LogP contribution in [0.2, 0.25) is 0 Å². The van der Waals surface area contributed by atoms with Crippen molar-refractivity contribution in [3.05, 3.63) is 27.0 Å². The van der Waals surface area contributed by atoms with Crippen LogP contribution in [-0.4, -0.2) is 24.3 Å². The van der Waals surface area contributed by atoms with Gasteiger partial charge in [-0.1, -0.05) is 6.92 Å². The van der Waals surface area contributed by atoms with Gasteiger partial charge in [0.05, 0.1) is 11.7 Å². The molecule has 0 saturated heterocycles. The van der Waals surface area contributed by atoms with E-state index in [-0.39, 0.29) is 6.04 Å². The Kier molecular flexibility index (Phi) is 3.02. The van der Waals surface area contributed by atoms with E-state index in [0.717, 1.165) is 33.1 Å².